The van der Waals surface area contributed by atoms with Gasteiger partial charge in [0, 0.05) is 12.1 Å². The highest BCUT2D eigenvalue weighted by Gasteiger charge is 2.09. The number of imidazole rings is 1. The molecule has 0 fully saturated rings. The zero-order chi connectivity index (χ0) is 11.0. The summed E-state index contributed by atoms with van der Waals surface area (Å²) in [6.07, 6.45) is -0.0854. The number of primary amides is 1. The Morgan fingerprint density at radius 1 is 1.40 bits per heavy atom. The number of nitrogens with one attached hydrogen (secondary N) is 1. The van der Waals surface area contributed by atoms with Crippen molar-refractivity contribution in [2.24, 2.45) is 5.73 Å². The molecule has 2 aromatic rings. The highest BCUT2D eigenvalue weighted by Crippen LogP contribution is 2.16. The molecular formula is C9H7F2N3O. The Morgan fingerprint density at radius 2 is 2.07 bits per heavy atom. The summed E-state index contributed by atoms with van der Waals surface area (Å²) in [5.74, 6) is -2.20. The van der Waals surface area contributed by atoms with Gasteiger partial charge >= 0.3 is 0 Å². The van der Waals surface area contributed by atoms with Crippen LogP contribution in [0.3, 0.4) is 0 Å². The third-order valence-corrected chi connectivity index (χ3v) is 1.91. The van der Waals surface area contributed by atoms with Gasteiger partial charge in [0.25, 0.3) is 0 Å². The van der Waals surface area contributed by atoms with E-state index < -0.39 is 17.5 Å². The Bertz CT molecular complexity index is 496. The van der Waals surface area contributed by atoms with Gasteiger partial charge in [0.05, 0.1) is 17.5 Å². The van der Waals surface area contributed by atoms with Crippen LogP contribution in [0.1, 0.15) is 5.82 Å². The summed E-state index contributed by atoms with van der Waals surface area (Å²) in [6.45, 7) is 0. The van der Waals surface area contributed by atoms with Crippen molar-refractivity contribution in [2.75, 3.05) is 0 Å². The molecule has 4 nitrogen and oxygen atoms in total. The van der Waals surface area contributed by atoms with Crippen molar-refractivity contribution in [2.45, 2.75) is 6.42 Å². The number of nitrogens with zero attached hydrogens (tertiary/aromatic N) is 1. The Morgan fingerprint density at radius 3 is 2.73 bits per heavy atom. The van der Waals surface area contributed by atoms with Gasteiger partial charge in [-0.2, -0.15) is 0 Å². The number of halogens is 2. The molecule has 0 aliphatic heterocycles. The number of carbonyl (C=O) groups excluding carboxylic acids is 1. The van der Waals surface area contributed by atoms with Crippen molar-refractivity contribution >= 4 is 16.9 Å². The summed E-state index contributed by atoms with van der Waals surface area (Å²) in [4.78, 5) is 17.2. The van der Waals surface area contributed by atoms with Crippen LogP contribution in [0.5, 0.6) is 0 Å². The van der Waals surface area contributed by atoms with E-state index in [4.69, 9.17) is 5.73 Å². The molecule has 15 heavy (non-hydrogen) atoms. The zero-order valence-corrected chi connectivity index (χ0v) is 7.55. The highest BCUT2D eigenvalue weighted by molar-refractivity contribution is 5.79. The molecule has 78 valence electrons. The van der Waals surface area contributed by atoms with Crippen molar-refractivity contribution in [1.29, 1.82) is 0 Å². The number of aromatic nitrogens is 2. The van der Waals surface area contributed by atoms with E-state index in [2.05, 4.69) is 9.97 Å². The van der Waals surface area contributed by atoms with Crippen molar-refractivity contribution in [1.82, 2.24) is 9.97 Å². The molecule has 0 unspecified atom stereocenters. The monoisotopic (exact) mass is 211 g/mol. The minimum absolute atomic E-state index is 0.0854. The van der Waals surface area contributed by atoms with Crippen molar-refractivity contribution in [3.63, 3.8) is 0 Å². The fourth-order valence-electron chi connectivity index (χ4n) is 1.31. The van der Waals surface area contributed by atoms with E-state index in [1.54, 1.807) is 0 Å². The fourth-order valence-corrected chi connectivity index (χ4v) is 1.31. The molecule has 0 spiro atoms. The van der Waals surface area contributed by atoms with Crippen molar-refractivity contribution in [3.05, 3.63) is 29.6 Å². The molecule has 6 heteroatoms. The van der Waals surface area contributed by atoms with Gasteiger partial charge in [-0.1, -0.05) is 0 Å². The third kappa shape index (κ3) is 1.78. The quantitative estimate of drug-likeness (QED) is 0.773. The first kappa shape index (κ1) is 9.57. The van der Waals surface area contributed by atoms with Crippen LogP contribution in [-0.4, -0.2) is 15.9 Å². The van der Waals surface area contributed by atoms with Crippen LogP contribution in [-0.2, 0) is 11.2 Å². The van der Waals surface area contributed by atoms with E-state index in [0.29, 0.717) is 11.3 Å². The van der Waals surface area contributed by atoms with E-state index >= 15 is 0 Å². The molecule has 0 radical (unpaired) electrons. The molecule has 0 aliphatic rings. The van der Waals surface area contributed by atoms with Gasteiger partial charge in [-0.3, -0.25) is 4.79 Å². The van der Waals surface area contributed by atoms with Crippen LogP contribution in [0.25, 0.3) is 11.0 Å². The first-order chi connectivity index (χ1) is 7.06. The van der Waals surface area contributed by atoms with Crippen LogP contribution in [0.2, 0.25) is 0 Å². The van der Waals surface area contributed by atoms with Gasteiger partial charge in [-0.25, -0.2) is 13.8 Å². The predicted octanol–water partition coefficient (Wildman–Crippen LogP) is 0.869. The second-order valence-electron chi connectivity index (χ2n) is 3.11. The Balaban J connectivity index is 2.51. The van der Waals surface area contributed by atoms with Gasteiger partial charge in [0.2, 0.25) is 5.91 Å². The van der Waals surface area contributed by atoms with Gasteiger partial charge in [0.15, 0.2) is 11.6 Å². The summed E-state index contributed by atoms with van der Waals surface area (Å²) >= 11 is 0. The summed E-state index contributed by atoms with van der Waals surface area (Å²) in [5, 5.41) is 0. The summed E-state index contributed by atoms with van der Waals surface area (Å²) < 4.78 is 25.6. The number of carbonyl (C=O) groups is 1. The Hall–Kier alpha value is -1.98. The number of rotatable bonds is 2. The second kappa shape index (κ2) is 3.30. The number of aromatic amines is 1. The summed E-state index contributed by atoms with van der Waals surface area (Å²) in [5.41, 5.74) is 5.57. The number of benzene rings is 1. The molecule has 1 amide bonds. The van der Waals surface area contributed by atoms with Crippen LogP contribution in [0, 0.1) is 11.6 Å². The van der Waals surface area contributed by atoms with Crippen LogP contribution < -0.4 is 5.73 Å². The average molecular weight is 211 g/mol. The van der Waals surface area contributed by atoms with E-state index in [1.165, 1.54) is 0 Å². The minimum Gasteiger partial charge on any atom is -0.369 e. The third-order valence-electron chi connectivity index (χ3n) is 1.91. The number of hydrogen-bond donors (Lipinski definition) is 2. The standard InChI is InChI=1S/C9H7F2N3O/c10-4-1-6-7(2-5(4)11)14-9(13-6)3-8(12)15/h1-2H,3H2,(H2,12,15)(H,13,14). The number of nitrogens with two attached hydrogens (primary N) is 1. The number of H-pyrrole nitrogens is 1. The lowest BCUT2D eigenvalue weighted by molar-refractivity contribution is -0.117. The van der Waals surface area contributed by atoms with E-state index in [0.717, 1.165) is 12.1 Å². The summed E-state index contributed by atoms with van der Waals surface area (Å²) in [7, 11) is 0. The lowest BCUT2D eigenvalue weighted by Gasteiger charge is -1.90. The number of fused-ring (bicyclic) bond motifs is 1. The molecule has 0 aliphatic carbocycles. The summed E-state index contributed by atoms with van der Waals surface area (Å²) in [6, 6.07) is 1.95. The van der Waals surface area contributed by atoms with E-state index in [-0.39, 0.29) is 11.9 Å². The Labute approximate surface area is 83.1 Å². The van der Waals surface area contributed by atoms with Crippen LogP contribution in [0.15, 0.2) is 12.1 Å². The minimum atomic E-state index is -0.973. The number of amides is 1. The SMILES string of the molecule is NC(=O)Cc1nc2cc(F)c(F)cc2[nH]1. The first-order valence-corrected chi connectivity index (χ1v) is 4.18. The lowest BCUT2D eigenvalue weighted by Crippen LogP contribution is -2.14. The maximum Gasteiger partial charge on any atom is 0.225 e. The molecule has 3 N–H and O–H groups in total. The molecular weight excluding hydrogens is 204 g/mol. The number of hydrogen-bond acceptors (Lipinski definition) is 2. The molecule has 0 saturated heterocycles. The molecule has 1 aromatic carbocycles. The Kier molecular flexibility index (Phi) is 2.11. The van der Waals surface area contributed by atoms with E-state index in [9.17, 15) is 13.6 Å². The predicted molar refractivity (Wildman–Crippen MR) is 48.9 cm³/mol. The normalized spacial score (nSPS) is 10.8. The first-order valence-electron chi connectivity index (χ1n) is 4.18. The van der Waals surface area contributed by atoms with Crippen molar-refractivity contribution < 1.29 is 13.6 Å². The smallest absolute Gasteiger partial charge is 0.225 e. The maximum absolute atomic E-state index is 12.8. The largest absolute Gasteiger partial charge is 0.369 e. The van der Waals surface area contributed by atoms with Gasteiger partial charge < -0.3 is 10.7 Å². The van der Waals surface area contributed by atoms with Gasteiger partial charge in [-0.15, -0.1) is 0 Å². The van der Waals surface area contributed by atoms with Crippen LogP contribution >= 0.6 is 0 Å². The topological polar surface area (TPSA) is 71.8 Å². The second-order valence-corrected chi connectivity index (χ2v) is 3.11. The molecule has 0 bridgehead atoms. The molecule has 0 saturated carbocycles. The maximum atomic E-state index is 12.8. The van der Waals surface area contributed by atoms with E-state index in [1.807, 2.05) is 0 Å². The van der Waals surface area contributed by atoms with Crippen LogP contribution in [0.4, 0.5) is 8.78 Å². The fraction of sp³-hybridized carbons (Fsp3) is 0.111. The highest BCUT2D eigenvalue weighted by atomic mass is 19.2. The zero-order valence-electron chi connectivity index (χ0n) is 7.55. The molecule has 0 atom stereocenters. The van der Waals surface area contributed by atoms with Gasteiger partial charge in [0.1, 0.15) is 5.82 Å². The molecule has 1 aromatic heterocycles. The lowest BCUT2D eigenvalue weighted by atomic mass is 10.3. The van der Waals surface area contributed by atoms with Gasteiger partial charge in [-0.05, 0) is 0 Å². The molecule has 2 rings (SSSR count). The average Bonchev–Trinajstić information content (AvgIpc) is 2.46. The van der Waals surface area contributed by atoms with Crippen molar-refractivity contribution in [3.8, 4) is 0 Å². The molecule has 1 heterocycles.